The number of rotatable bonds is 12. The zero-order valence-corrected chi connectivity index (χ0v) is 20.6. The lowest BCUT2D eigenvalue weighted by atomic mass is 9.81. The minimum Gasteiger partial charge on any atom is -0.385 e. The molecule has 1 N–H and O–H groups in total. The van der Waals surface area contributed by atoms with Crippen LogP contribution in [0.4, 0.5) is 0 Å². The van der Waals surface area contributed by atoms with Gasteiger partial charge in [-0.2, -0.15) is 0 Å². The second-order valence-electron chi connectivity index (χ2n) is 8.49. The average molecular weight is 456 g/mol. The molecule has 0 bridgehead atoms. The zero-order chi connectivity index (χ0) is 20.4. The van der Waals surface area contributed by atoms with Gasteiger partial charge in [0.2, 0.25) is 0 Å². The summed E-state index contributed by atoms with van der Waals surface area (Å²) < 4.78 is 0. The number of benzene rings is 2. The van der Waals surface area contributed by atoms with Crippen LogP contribution in [0.5, 0.6) is 0 Å². The van der Waals surface area contributed by atoms with E-state index in [1.165, 1.54) is 11.1 Å². The summed E-state index contributed by atoms with van der Waals surface area (Å²) in [5.41, 5.74) is 3.01. The summed E-state index contributed by atoms with van der Waals surface area (Å²) in [6, 6.07) is 19.1. The number of aryl methyl sites for hydroxylation is 2. The highest BCUT2D eigenvalue weighted by Gasteiger charge is 2.30. The summed E-state index contributed by atoms with van der Waals surface area (Å²) >= 11 is 0. The lowest BCUT2D eigenvalue weighted by Crippen LogP contribution is -2.30. The van der Waals surface area contributed by atoms with Crippen LogP contribution in [0, 0.1) is 0 Å². The van der Waals surface area contributed by atoms with Crippen molar-refractivity contribution >= 4 is 24.8 Å². The van der Waals surface area contributed by atoms with Gasteiger partial charge in [-0.05, 0) is 96.5 Å². The van der Waals surface area contributed by atoms with E-state index in [2.05, 4.69) is 92.6 Å². The highest BCUT2D eigenvalue weighted by atomic mass is 35.5. The highest BCUT2D eigenvalue weighted by Crippen LogP contribution is 2.34. The Morgan fingerprint density at radius 3 is 1.73 bits per heavy atom. The molecule has 0 atom stereocenters. The summed E-state index contributed by atoms with van der Waals surface area (Å²) in [6.07, 6.45) is 5.58. The van der Waals surface area contributed by atoms with Crippen LogP contribution in [-0.4, -0.2) is 56.2 Å². The van der Waals surface area contributed by atoms with Crippen molar-refractivity contribution in [3.63, 3.8) is 0 Å². The van der Waals surface area contributed by atoms with Gasteiger partial charge in [-0.1, -0.05) is 54.6 Å². The first-order valence-electron chi connectivity index (χ1n) is 10.5. The molecule has 2 aromatic carbocycles. The van der Waals surface area contributed by atoms with Gasteiger partial charge in [0.15, 0.2) is 0 Å². The minimum atomic E-state index is -0.751. The number of aliphatic hydroxyl groups is 1. The van der Waals surface area contributed by atoms with Gasteiger partial charge >= 0.3 is 0 Å². The molecule has 0 aliphatic rings. The van der Waals surface area contributed by atoms with Gasteiger partial charge < -0.3 is 14.9 Å². The zero-order valence-electron chi connectivity index (χ0n) is 19.0. The van der Waals surface area contributed by atoms with Crippen LogP contribution >= 0.6 is 24.8 Å². The maximum Gasteiger partial charge on any atom is 0.0900 e. The van der Waals surface area contributed by atoms with Gasteiger partial charge in [0.05, 0.1) is 5.60 Å². The second-order valence-corrected chi connectivity index (χ2v) is 8.49. The van der Waals surface area contributed by atoms with Gasteiger partial charge in [0.1, 0.15) is 0 Å². The summed E-state index contributed by atoms with van der Waals surface area (Å²) in [4.78, 5) is 4.39. The lowest BCUT2D eigenvalue weighted by molar-refractivity contribution is 0.0107. The summed E-state index contributed by atoms with van der Waals surface area (Å²) in [6.45, 7) is 2.00. The molecule has 30 heavy (non-hydrogen) atoms. The van der Waals surface area contributed by atoms with E-state index >= 15 is 0 Å². The topological polar surface area (TPSA) is 26.7 Å². The smallest absolute Gasteiger partial charge is 0.0900 e. The average Bonchev–Trinajstić information content (AvgIpc) is 2.67. The molecule has 0 saturated heterocycles. The molecular formula is C25H40Cl2N2O. The van der Waals surface area contributed by atoms with Crippen molar-refractivity contribution in [2.45, 2.75) is 44.1 Å². The summed E-state index contributed by atoms with van der Waals surface area (Å²) in [5, 5.41) is 11.7. The van der Waals surface area contributed by atoms with Gasteiger partial charge in [0.25, 0.3) is 0 Å². The van der Waals surface area contributed by atoms with Crippen LogP contribution in [0.15, 0.2) is 54.6 Å². The number of halogens is 2. The molecular weight excluding hydrogens is 415 g/mol. The molecule has 0 fully saturated rings. The van der Waals surface area contributed by atoms with Crippen molar-refractivity contribution in [1.29, 1.82) is 0 Å². The van der Waals surface area contributed by atoms with Crippen LogP contribution in [-0.2, 0) is 18.4 Å². The maximum absolute atomic E-state index is 11.7. The third kappa shape index (κ3) is 9.80. The van der Waals surface area contributed by atoms with E-state index < -0.39 is 5.60 Å². The fourth-order valence-corrected chi connectivity index (χ4v) is 3.89. The molecule has 0 unspecified atom stereocenters. The molecule has 0 aliphatic carbocycles. The molecule has 170 valence electrons. The second kappa shape index (κ2) is 14.8. The van der Waals surface area contributed by atoms with E-state index in [0.717, 1.165) is 57.2 Å². The first-order valence-corrected chi connectivity index (χ1v) is 10.5. The van der Waals surface area contributed by atoms with Gasteiger partial charge in [-0.15, -0.1) is 24.8 Å². The number of hydrogen-bond acceptors (Lipinski definition) is 3. The Bertz CT molecular complexity index is 679. The van der Waals surface area contributed by atoms with Crippen molar-refractivity contribution < 1.29 is 5.11 Å². The quantitative estimate of drug-likeness (QED) is 0.477. The first-order chi connectivity index (χ1) is 13.4. The molecule has 2 rings (SSSR count). The normalized spacial score (nSPS) is 11.3. The Balaban J connectivity index is 0.00000420. The molecule has 5 heteroatoms. The summed E-state index contributed by atoms with van der Waals surface area (Å²) in [7, 11) is 8.38. The van der Waals surface area contributed by atoms with Crippen LogP contribution in [0.3, 0.4) is 0 Å². The third-order valence-electron chi connectivity index (χ3n) is 5.44. The van der Waals surface area contributed by atoms with E-state index in [1.807, 2.05) is 0 Å². The van der Waals surface area contributed by atoms with E-state index in [-0.39, 0.29) is 24.8 Å². The standard InChI is InChI=1S/C25H38N2O.2ClH/c1-26(2)20-10-18-25(28,19-11-21-27(3)4)24-15-9-8-14-23(24)17-16-22-12-6-5-7-13-22;;/h5-9,12-15,28H,10-11,16-21H2,1-4H3;2*1H. The van der Waals surface area contributed by atoms with E-state index in [4.69, 9.17) is 0 Å². The molecule has 0 saturated carbocycles. The molecule has 2 aromatic rings. The van der Waals surface area contributed by atoms with Gasteiger partial charge in [-0.3, -0.25) is 0 Å². The maximum atomic E-state index is 11.7. The summed E-state index contributed by atoms with van der Waals surface area (Å²) in [5.74, 6) is 0. The Hall–Kier alpha value is -1.10. The number of nitrogens with zero attached hydrogens (tertiary/aromatic N) is 2. The predicted molar refractivity (Wildman–Crippen MR) is 134 cm³/mol. The molecule has 3 nitrogen and oxygen atoms in total. The molecule has 0 radical (unpaired) electrons. The van der Waals surface area contributed by atoms with E-state index in [1.54, 1.807) is 0 Å². The van der Waals surface area contributed by atoms with Crippen molar-refractivity contribution in [3.8, 4) is 0 Å². The van der Waals surface area contributed by atoms with Crippen molar-refractivity contribution in [2.24, 2.45) is 0 Å². The fourth-order valence-electron chi connectivity index (χ4n) is 3.89. The van der Waals surface area contributed by atoms with Crippen LogP contribution in [0.2, 0.25) is 0 Å². The molecule has 0 spiro atoms. The minimum absolute atomic E-state index is 0. The van der Waals surface area contributed by atoms with Crippen molar-refractivity contribution in [2.75, 3.05) is 41.3 Å². The highest BCUT2D eigenvalue weighted by molar-refractivity contribution is 5.85. The van der Waals surface area contributed by atoms with Crippen LogP contribution in [0.25, 0.3) is 0 Å². The Morgan fingerprint density at radius 1 is 0.700 bits per heavy atom. The van der Waals surface area contributed by atoms with Crippen LogP contribution < -0.4 is 0 Å². The predicted octanol–water partition coefficient (Wildman–Crippen LogP) is 5.19. The SMILES string of the molecule is CN(C)CCCC(O)(CCCN(C)C)c1ccccc1CCc1ccccc1.Cl.Cl. The van der Waals surface area contributed by atoms with Crippen LogP contribution in [0.1, 0.15) is 42.4 Å². The monoisotopic (exact) mass is 454 g/mol. The first kappa shape index (κ1) is 28.9. The molecule has 0 amide bonds. The lowest BCUT2D eigenvalue weighted by Gasteiger charge is -2.32. The molecule has 0 aliphatic heterocycles. The van der Waals surface area contributed by atoms with E-state index in [0.29, 0.717) is 0 Å². The number of hydrogen-bond donors (Lipinski definition) is 1. The Morgan fingerprint density at radius 2 is 1.20 bits per heavy atom. The van der Waals surface area contributed by atoms with Crippen molar-refractivity contribution in [1.82, 2.24) is 9.80 Å². The molecule has 0 heterocycles. The van der Waals surface area contributed by atoms with Gasteiger partial charge in [0, 0.05) is 0 Å². The van der Waals surface area contributed by atoms with Gasteiger partial charge in [-0.25, -0.2) is 0 Å². The fraction of sp³-hybridized carbons (Fsp3) is 0.520. The molecule has 0 aromatic heterocycles. The third-order valence-corrected chi connectivity index (χ3v) is 5.44. The van der Waals surface area contributed by atoms with Crippen molar-refractivity contribution in [3.05, 3.63) is 71.3 Å². The largest absolute Gasteiger partial charge is 0.385 e. The van der Waals surface area contributed by atoms with E-state index in [9.17, 15) is 5.11 Å². The Labute approximate surface area is 196 Å². The Kier molecular flexibility index (Phi) is 14.3.